The number of hydrogen-bond donors (Lipinski definition) is 0. The van der Waals surface area contributed by atoms with Crippen molar-refractivity contribution in [3.63, 3.8) is 0 Å². The van der Waals surface area contributed by atoms with E-state index >= 15 is 0 Å². The Kier molecular flexibility index (Phi) is 5.99. The van der Waals surface area contributed by atoms with Crippen molar-refractivity contribution in [2.45, 2.75) is 0 Å². The number of carbonyl (C=O) groups excluding carboxylic acids is 1. The van der Waals surface area contributed by atoms with Gasteiger partial charge in [-0.25, -0.2) is 9.07 Å². The van der Waals surface area contributed by atoms with Gasteiger partial charge in [-0.15, -0.1) is 0 Å². The van der Waals surface area contributed by atoms with Gasteiger partial charge in [-0.2, -0.15) is 5.10 Å². The summed E-state index contributed by atoms with van der Waals surface area (Å²) in [6.45, 7) is 2.14. The molecule has 1 aliphatic heterocycles. The fourth-order valence-corrected chi connectivity index (χ4v) is 4.22. The summed E-state index contributed by atoms with van der Waals surface area (Å²) in [5.74, 6) is 0.424. The van der Waals surface area contributed by atoms with Gasteiger partial charge < -0.3 is 14.5 Å². The van der Waals surface area contributed by atoms with E-state index < -0.39 is 0 Å². The molecule has 1 aliphatic rings. The molecule has 1 aromatic heterocycles. The zero-order valence-corrected chi connectivity index (χ0v) is 18.9. The number of benzene rings is 3. The van der Waals surface area contributed by atoms with E-state index in [9.17, 15) is 9.18 Å². The molecule has 172 valence electrons. The molecule has 0 saturated carbocycles. The minimum absolute atomic E-state index is 0.0932. The predicted octanol–water partition coefficient (Wildman–Crippen LogP) is 4.65. The molecule has 4 aromatic rings. The molecule has 0 radical (unpaired) electrons. The summed E-state index contributed by atoms with van der Waals surface area (Å²) in [4.78, 5) is 17.4. The highest BCUT2D eigenvalue weighted by atomic mass is 19.1. The Bertz CT molecular complexity index is 1280. The van der Waals surface area contributed by atoms with Crippen molar-refractivity contribution >= 4 is 11.6 Å². The Morgan fingerprint density at radius 1 is 0.882 bits per heavy atom. The summed E-state index contributed by atoms with van der Waals surface area (Å²) in [5, 5.41) is 4.76. The van der Waals surface area contributed by atoms with Gasteiger partial charge in [-0.05, 0) is 54.6 Å². The van der Waals surface area contributed by atoms with Gasteiger partial charge in [0.25, 0.3) is 5.91 Å². The number of halogens is 1. The van der Waals surface area contributed by atoms with Crippen molar-refractivity contribution in [2.75, 3.05) is 38.2 Å². The zero-order chi connectivity index (χ0) is 23.5. The number of carbonyl (C=O) groups is 1. The molecule has 2 heterocycles. The Hall–Kier alpha value is -4.13. The first-order valence-electron chi connectivity index (χ1n) is 11.2. The molecule has 3 aromatic carbocycles. The SMILES string of the molecule is COc1ccc(-c2cc(C(=O)N3CCN(c4ccccc4F)CC3)n(-c3ccccc3)n2)cc1. The number of para-hydroxylation sites is 2. The fourth-order valence-electron chi connectivity index (χ4n) is 4.22. The lowest BCUT2D eigenvalue weighted by Gasteiger charge is -2.36. The number of rotatable bonds is 5. The number of piperazine rings is 1. The highest BCUT2D eigenvalue weighted by Gasteiger charge is 2.27. The molecule has 5 rings (SSSR count). The molecular formula is C27H25FN4O2. The van der Waals surface area contributed by atoms with Crippen LogP contribution in [0.1, 0.15) is 10.5 Å². The Labute approximate surface area is 197 Å². The summed E-state index contributed by atoms with van der Waals surface area (Å²) in [5.41, 5.74) is 3.49. The van der Waals surface area contributed by atoms with Crippen LogP contribution < -0.4 is 9.64 Å². The molecule has 34 heavy (non-hydrogen) atoms. The van der Waals surface area contributed by atoms with E-state index in [1.54, 1.807) is 23.9 Å². The van der Waals surface area contributed by atoms with Gasteiger partial charge in [-0.3, -0.25) is 4.79 Å². The number of amides is 1. The number of hydrogen-bond acceptors (Lipinski definition) is 4. The predicted molar refractivity (Wildman–Crippen MR) is 130 cm³/mol. The lowest BCUT2D eigenvalue weighted by Crippen LogP contribution is -2.49. The topological polar surface area (TPSA) is 50.6 Å². The minimum Gasteiger partial charge on any atom is -0.497 e. The maximum absolute atomic E-state index is 14.2. The van der Waals surface area contributed by atoms with Crippen LogP contribution in [0.25, 0.3) is 16.9 Å². The van der Waals surface area contributed by atoms with E-state index in [4.69, 9.17) is 9.84 Å². The number of anilines is 1. The van der Waals surface area contributed by atoms with Crippen molar-refractivity contribution in [1.82, 2.24) is 14.7 Å². The molecule has 0 aliphatic carbocycles. The van der Waals surface area contributed by atoms with Crippen LogP contribution in [0.4, 0.5) is 10.1 Å². The monoisotopic (exact) mass is 456 g/mol. The largest absolute Gasteiger partial charge is 0.497 e. The molecule has 7 heteroatoms. The van der Waals surface area contributed by atoms with Gasteiger partial charge in [0.1, 0.15) is 17.3 Å². The van der Waals surface area contributed by atoms with E-state index in [2.05, 4.69) is 0 Å². The number of ether oxygens (including phenoxy) is 1. The van der Waals surface area contributed by atoms with Gasteiger partial charge in [0, 0.05) is 31.7 Å². The third-order valence-corrected chi connectivity index (χ3v) is 6.08. The summed E-state index contributed by atoms with van der Waals surface area (Å²) < 4.78 is 21.2. The quantitative estimate of drug-likeness (QED) is 0.439. The second-order valence-electron chi connectivity index (χ2n) is 8.12. The lowest BCUT2D eigenvalue weighted by molar-refractivity contribution is 0.0737. The highest BCUT2D eigenvalue weighted by Crippen LogP contribution is 2.26. The summed E-state index contributed by atoms with van der Waals surface area (Å²) in [7, 11) is 1.63. The average molecular weight is 457 g/mol. The number of aromatic nitrogens is 2. The highest BCUT2D eigenvalue weighted by molar-refractivity contribution is 5.94. The van der Waals surface area contributed by atoms with Crippen molar-refractivity contribution in [3.05, 3.63) is 96.4 Å². The van der Waals surface area contributed by atoms with Crippen LogP contribution in [0.2, 0.25) is 0 Å². The molecule has 0 N–H and O–H groups in total. The van der Waals surface area contributed by atoms with E-state index in [1.807, 2.05) is 76.5 Å². The Morgan fingerprint density at radius 3 is 2.24 bits per heavy atom. The summed E-state index contributed by atoms with van der Waals surface area (Å²) in [6.07, 6.45) is 0. The van der Waals surface area contributed by atoms with E-state index in [0.717, 1.165) is 17.0 Å². The first-order valence-corrected chi connectivity index (χ1v) is 11.2. The number of methoxy groups -OCH3 is 1. The van der Waals surface area contributed by atoms with E-state index in [1.165, 1.54) is 6.07 Å². The van der Waals surface area contributed by atoms with Crippen LogP contribution in [0, 0.1) is 5.82 Å². The first-order chi connectivity index (χ1) is 16.6. The van der Waals surface area contributed by atoms with Crippen LogP contribution in [-0.2, 0) is 0 Å². The molecule has 0 unspecified atom stereocenters. The molecule has 1 amide bonds. The molecule has 0 atom stereocenters. The summed E-state index contributed by atoms with van der Waals surface area (Å²) in [6, 6.07) is 25.8. The molecule has 6 nitrogen and oxygen atoms in total. The third-order valence-electron chi connectivity index (χ3n) is 6.08. The molecular weight excluding hydrogens is 431 g/mol. The molecule has 0 spiro atoms. The Morgan fingerprint density at radius 2 is 1.56 bits per heavy atom. The third kappa shape index (κ3) is 4.24. The van der Waals surface area contributed by atoms with Crippen LogP contribution in [0.3, 0.4) is 0 Å². The number of nitrogens with zero attached hydrogens (tertiary/aromatic N) is 4. The first kappa shape index (κ1) is 21.7. The minimum atomic E-state index is -0.242. The van der Waals surface area contributed by atoms with Gasteiger partial charge >= 0.3 is 0 Å². The fraction of sp³-hybridized carbons (Fsp3) is 0.185. The normalized spacial score (nSPS) is 13.7. The smallest absolute Gasteiger partial charge is 0.272 e. The molecule has 1 saturated heterocycles. The van der Waals surface area contributed by atoms with Crippen LogP contribution in [0.5, 0.6) is 5.75 Å². The lowest BCUT2D eigenvalue weighted by atomic mass is 10.1. The standard InChI is InChI=1S/C27H25FN4O2/c1-34-22-13-11-20(12-14-22)24-19-26(32(29-24)21-7-3-2-4-8-21)27(33)31-17-15-30(16-18-31)25-10-6-5-9-23(25)28/h2-14,19H,15-18H2,1H3. The van der Waals surface area contributed by atoms with Crippen LogP contribution in [0.15, 0.2) is 84.9 Å². The van der Waals surface area contributed by atoms with E-state index in [0.29, 0.717) is 43.3 Å². The zero-order valence-electron chi connectivity index (χ0n) is 18.9. The van der Waals surface area contributed by atoms with Gasteiger partial charge in [0.2, 0.25) is 0 Å². The maximum atomic E-state index is 14.2. The van der Waals surface area contributed by atoms with E-state index in [-0.39, 0.29) is 11.7 Å². The van der Waals surface area contributed by atoms with Gasteiger partial charge in [-0.1, -0.05) is 30.3 Å². The maximum Gasteiger partial charge on any atom is 0.272 e. The average Bonchev–Trinajstić information content (AvgIpc) is 3.35. The second-order valence-corrected chi connectivity index (χ2v) is 8.12. The summed E-state index contributed by atoms with van der Waals surface area (Å²) >= 11 is 0. The molecule has 1 fully saturated rings. The van der Waals surface area contributed by atoms with Gasteiger partial charge in [0.05, 0.1) is 24.2 Å². The second kappa shape index (κ2) is 9.39. The van der Waals surface area contributed by atoms with Crippen molar-refractivity contribution < 1.29 is 13.9 Å². The molecule has 0 bridgehead atoms. The Balaban J connectivity index is 1.42. The van der Waals surface area contributed by atoms with Crippen molar-refractivity contribution in [3.8, 4) is 22.7 Å². The van der Waals surface area contributed by atoms with Crippen molar-refractivity contribution in [2.24, 2.45) is 0 Å². The van der Waals surface area contributed by atoms with Crippen molar-refractivity contribution in [1.29, 1.82) is 0 Å². The van der Waals surface area contributed by atoms with Crippen LogP contribution in [-0.4, -0.2) is 53.9 Å². The van der Waals surface area contributed by atoms with Crippen LogP contribution >= 0.6 is 0 Å². The van der Waals surface area contributed by atoms with Gasteiger partial charge in [0.15, 0.2) is 0 Å².